The number of anilines is 8. The summed E-state index contributed by atoms with van der Waals surface area (Å²) in [5, 5.41) is 43.5. The number of carbonyl (C=O) groups is 6. The predicted octanol–water partition coefficient (Wildman–Crippen LogP) is 16.9. The molecule has 0 radical (unpaired) electrons. The number of benzene rings is 4. The zero-order valence-corrected chi connectivity index (χ0v) is 77.7. The third kappa shape index (κ3) is 29.0. The van der Waals surface area contributed by atoms with Crippen molar-refractivity contribution >= 4 is 128 Å². The largest absolute Gasteiger partial charge is 0.480 e. The van der Waals surface area contributed by atoms with Gasteiger partial charge in [-0.15, -0.1) is 0 Å². The lowest BCUT2D eigenvalue weighted by Crippen LogP contribution is -2.37. The third-order valence-corrected chi connectivity index (χ3v) is 22.3. The van der Waals surface area contributed by atoms with E-state index in [0.29, 0.717) is 143 Å². The van der Waals surface area contributed by atoms with E-state index in [1.807, 2.05) is 110 Å². The predicted molar refractivity (Wildman–Crippen MR) is 512 cm³/mol. The lowest BCUT2D eigenvalue weighted by atomic mass is 9.84. The summed E-state index contributed by atoms with van der Waals surface area (Å²) < 4.78 is 22.6. The fourth-order valence-electron chi connectivity index (χ4n) is 15.5. The molecule has 1 unspecified atom stereocenters. The van der Waals surface area contributed by atoms with Gasteiger partial charge < -0.3 is 78.9 Å². The average molecular weight is 1810 g/mol. The van der Waals surface area contributed by atoms with E-state index in [1.165, 1.54) is 80.8 Å². The summed E-state index contributed by atoms with van der Waals surface area (Å²) in [6.45, 7) is 23.7. The fourth-order valence-corrected chi connectivity index (χ4v) is 15.5. The average Bonchev–Trinajstić information content (AvgIpc) is 1.61. The van der Waals surface area contributed by atoms with E-state index in [4.69, 9.17) is 34.4 Å². The number of morpholine rings is 1. The van der Waals surface area contributed by atoms with Crippen molar-refractivity contribution in [3.63, 3.8) is 0 Å². The second kappa shape index (κ2) is 50.0. The van der Waals surface area contributed by atoms with E-state index >= 15 is 0 Å². The molecule has 0 spiro atoms. The number of unbranched alkanes of at least 4 members (excludes halogenated alkanes) is 7. The number of carboxylic acids is 3. The van der Waals surface area contributed by atoms with Gasteiger partial charge >= 0.3 is 30.0 Å². The van der Waals surface area contributed by atoms with Crippen LogP contribution in [0.25, 0.3) is 44.7 Å². The zero-order chi connectivity index (χ0) is 93.9. The maximum Gasteiger partial charge on any atom is 0.417 e. The number of hydrogen-bond donors (Lipinski definition) is 8. The highest BCUT2D eigenvalue weighted by Gasteiger charge is 2.30. The molecule has 0 bridgehead atoms. The lowest BCUT2D eigenvalue weighted by Gasteiger charge is -2.28. The number of carboxylic acid groups (broad SMARTS) is 3. The molecule has 704 valence electrons. The van der Waals surface area contributed by atoms with Gasteiger partial charge in [0.25, 0.3) is 5.91 Å². The Morgan fingerprint density at radius 1 is 0.508 bits per heavy atom. The molecule has 1 saturated heterocycles. The van der Waals surface area contributed by atoms with Crippen molar-refractivity contribution in [3.8, 4) is 0 Å². The molecule has 36 nitrogen and oxygen atoms in total. The monoisotopic (exact) mass is 1810 g/mol. The quantitative estimate of drug-likeness (QED) is 0.0130. The Morgan fingerprint density at radius 3 is 1.58 bits per heavy atom. The number of carbonyl (C=O) groups excluding carboxylic acids is 3. The Bertz CT molecular complexity index is 5690. The summed E-state index contributed by atoms with van der Waals surface area (Å²) in [4.78, 5) is 132. The van der Waals surface area contributed by atoms with E-state index < -0.39 is 35.6 Å². The van der Waals surface area contributed by atoms with Gasteiger partial charge in [-0.2, -0.15) is 39.9 Å². The minimum Gasteiger partial charge on any atom is -0.480 e. The Morgan fingerprint density at radius 2 is 1.02 bits per heavy atom. The van der Waals surface area contributed by atoms with Gasteiger partial charge in [-0.1, -0.05) is 202 Å². The zero-order valence-electron chi connectivity index (χ0n) is 77.7. The van der Waals surface area contributed by atoms with Crippen LogP contribution in [0.15, 0.2) is 135 Å². The van der Waals surface area contributed by atoms with Gasteiger partial charge in [0.15, 0.2) is 67.9 Å². The number of imidazole rings is 4. The molecule has 2 aliphatic rings. The van der Waals surface area contributed by atoms with Crippen molar-refractivity contribution < 1.29 is 58.3 Å². The van der Waals surface area contributed by atoms with Crippen LogP contribution in [0, 0.1) is 0 Å². The van der Waals surface area contributed by atoms with Crippen LogP contribution in [0.5, 0.6) is 0 Å². The second-order valence-electron chi connectivity index (χ2n) is 33.8. The van der Waals surface area contributed by atoms with Gasteiger partial charge in [-0.25, -0.2) is 29.6 Å². The Balaban J connectivity index is 0.000000173. The van der Waals surface area contributed by atoms with Crippen molar-refractivity contribution in [3.05, 3.63) is 168 Å². The van der Waals surface area contributed by atoms with E-state index in [2.05, 4.69) is 147 Å². The van der Waals surface area contributed by atoms with Crippen molar-refractivity contribution in [2.75, 3.05) is 101 Å². The van der Waals surface area contributed by atoms with Crippen molar-refractivity contribution in [1.29, 1.82) is 0 Å². The Hall–Kier alpha value is -13.5. The molecule has 9 heterocycles. The second-order valence-corrected chi connectivity index (χ2v) is 33.8. The number of fused-ring (bicyclic) bond motifs is 4. The normalized spacial score (nSPS) is 12.9. The maximum atomic E-state index is 13.7. The van der Waals surface area contributed by atoms with E-state index in [-0.39, 0.29) is 57.1 Å². The Kier molecular flexibility index (Phi) is 37.5. The summed E-state index contributed by atoms with van der Waals surface area (Å²) in [5.74, 6) is 1.06. The number of rotatable bonds is 42. The molecule has 2 amide bonds. The van der Waals surface area contributed by atoms with E-state index in [1.54, 1.807) is 17.8 Å². The number of hydrogen-bond acceptors (Lipinski definition) is 27. The molecular weight excluding hydrogens is 1680 g/mol. The van der Waals surface area contributed by atoms with Crippen LogP contribution in [-0.2, 0) is 79.2 Å². The number of nitrogens with one attached hydrogen (secondary N) is 5. The highest BCUT2D eigenvalue weighted by molar-refractivity contribution is 6.04. The summed E-state index contributed by atoms with van der Waals surface area (Å²) in [7, 11) is 1.95. The number of aromatic nitrogens is 16. The number of esters is 1. The smallest absolute Gasteiger partial charge is 0.417 e. The number of nitrogens with zero attached hydrogens (tertiary/aromatic N) is 19. The first-order valence-electron chi connectivity index (χ1n) is 46.2. The van der Waals surface area contributed by atoms with Gasteiger partial charge in [-0.3, -0.25) is 29.3 Å². The van der Waals surface area contributed by atoms with Crippen LogP contribution < -0.4 is 41.3 Å². The molecule has 1 saturated carbocycles. The number of ether oxygens (including phenoxy) is 3. The van der Waals surface area contributed by atoms with Gasteiger partial charge in [-0.05, 0) is 124 Å². The number of amides is 2. The SMILES string of the molecule is CCCC(CC)c1ccc(C(=O)Nc2nc(N3CCOCC3)c3ncn(CC(=O)O)c3n2)cc1.CCCCCCNc1nc(N(Cc2ccc(C3CCCCC3)cc2)C(=O)OC(C)(C)C)nc2c1ncn2CC(=O)OCC.CCCCCNc1nc(N(C)Cc2ccccc2)c2ncn(CC(=O)O)c2n1.CCCCCNc1nc(NCc2ccccc2)c2ncn(CC(=O)O)c2n1. The molecule has 12 aromatic rings. The molecule has 4 aromatic carbocycles. The minimum absolute atomic E-state index is 0.0498. The maximum absolute atomic E-state index is 13.7. The van der Waals surface area contributed by atoms with Crippen molar-refractivity contribution in [1.82, 2.24) is 78.1 Å². The van der Waals surface area contributed by atoms with Crippen LogP contribution in [-0.4, -0.2) is 194 Å². The summed E-state index contributed by atoms with van der Waals surface area (Å²) in [6, 6.07) is 36.3. The lowest BCUT2D eigenvalue weighted by molar-refractivity contribution is -0.144. The Labute approximate surface area is 770 Å². The van der Waals surface area contributed by atoms with Crippen LogP contribution in [0.2, 0.25) is 0 Å². The van der Waals surface area contributed by atoms with Crippen LogP contribution in [0.1, 0.15) is 228 Å². The van der Waals surface area contributed by atoms with Crippen LogP contribution in [0.4, 0.5) is 51.9 Å². The summed E-state index contributed by atoms with van der Waals surface area (Å²) in [6.07, 6.45) is 26.0. The molecule has 8 aromatic heterocycles. The minimum atomic E-state index is -1.01. The third-order valence-electron chi connectivity index (χ3n) is 22.3. The summed E-state index contributed by atoms with van der Waals surface area (Å²) in [5.41, 5.74) is 9.59. The molecule has 2 fully saturated rings. The first kappa shape index (κ1) is 99.0. The highest BCUT2D eigenvalue weighted by atomic mass is 16.6. The molecule has 132 heavy (non-hydrogen) atoms. The topological polar surface area (TPSA) is 435 Å². The molecule has 1 aliphatic heterocycles. The van der Waals surface area contributed by atoms with Crippen molar-refractivity contribution in [2.24, 2.45) is 0 Å². The van der Waals surface area contributed by atoms with Crippen LogP contribution >= 0.6 is 0 Å². The van der Waals surface area contributed by atoms with E-state index in [0.717, 1.165) is 113 Å². The molecule has 1 atom stereocenters. The first-order valence-corrected chi connectivity index (χ1v) is 46.2. The van der Waals surface area contributed by atoms with Gasteiger partial charge in [0.05, 0.1) is 51.7 Å². The fraction of sp³-hybridized carbons (Fsp3) is 0.479. The highest BCUT2D eigenvalue weighted by Crippen LogP contribution is 2.35. The molecule has 36 heteroatoms. The molecule has 1 aliphatic carbocycles. The molecule has 8 N–H and O–H groups in total. The molecular formula is C96H128N24O12. The molecule has 14 rings (SSSR count). The van der Waals surface area contributed by atoms with Gasteiger partial charge in [0.2, 0.25) is 23.8 Å². The first-order chi connectivity index (χ1) is 63.9. The van der Waals surface area contributed by atoms with Gasteiger partial charge in [0, 0.05) is 58.4 Å². The standard InChI is InChI=1S/C33H48N6O4.C24H30N6O4.C20H26N6O2.C19H24N6O2/c1-6-8-9-13-20-34-29-28-30(38(23-35-28)22-27(40)42-7-2)37-31(36-29)39(32(41)43-33(3,4)5)21-24-16-18-26(19-17-24)25-14-11-10-12-15-25;1-3-5-16(4-2)17-6-8-18(9-7-17)23(33)28-24-26-21(29-10-12-34-13-11-29)20-22(27-24)30(15-25-20)14-19(31)32;1-3-4-8-11-21-20-23-18(25(2)12-15-9-6-5-7-10-15)17-19(24-20)26(14-22-17)13-16(27)28;1-2-3-7-10-20-19-23-17(21-11-14-8-5-4-6-9-14)16-18(24-19)25(13-22-16)12-15(26)27/h16-19,23,25H,6-15,20-22H2,1-5H3,(H,34,36,37);6-9,15-16H,3-5,10-14H2,1-2H3,(H,31,32)(H,26,27,28,33);5-7,9-10,14H,3-4,8,11-13H2,1-2H3,(H,27,28)(H,21,23,24);4-6,8-9,13H,2-3,7,10-12H2,1H3,(H,26,27)(H2,20,21,23,24). The summed E-state index contributed by atoms with van der Waals surface area (Å²) >= 11 is 0. The number of aliphatic carboxylic acids is 3. The van der Waals surface area contributed by atoms with Gasteiger partial charge in [0.1, 0.15) is 31.8 Å². The van der Waals surface area contributed by atoms with Crippen molar-refractivity contribution in [2.45, 2.75) is 241 Å². The van der Waals surface area contributed by atoms with Crippen LogP contribution in [0.3, 0.4) is 0 Å². The van der Waals surface area contributed by atoms with E-state index in [9.17, 15) is 33.9 Å².